The van der Waals surface area contributed by atoms with E-state index in [0.29, 0.717) is 19.0 Å². The van der Waals surface area contributed by atoms with Gasteiger partial charge in [-0.2, -0.15) is 0 Å². The van der Waals surface area contributed by atoms with Gasteiger partial charge in [0.05, 0.1) is 0 Å². The molecule has 0 unspecified atom stereocenters. The number of para-hydroxylation sites is 2. The fraction of sp³-hybridized carbons (Fsp3) is 0. The van der Waals surface area contributed by atoms with Gasteiger partial charge in [-0.25, -0.2) is 0 Å². The molecular formula is C32H20BO4. The second-order valence-electron chi connectivity index (χ2n) is 8.88. The molecule has 175 valence electrons. The lowest BCUT2D eigenvalue weighted by atomic mass is 10.0. The average Bonchev–Trinajstić information content (AvgIpc) is 3.53. The second-order valence-corrected chi connectivity index (χ2v) is 8.88. The molecule has 2 heterocycles. The molecule has 2 aromatic heterocycles. The van der Waals surface area contributed by atoms with Gasteiger partial charge in [0, 0.05) is 21.5 Å². The van der Waals surface area contributed by atoms with Crippen molar-refractivity contribution in [2.24, 2.45) is 0 Å². The van der Waals surface area contributed by atoms with Gasteiger partial charge in [-0.3, -0.25) is 0 Å². The Morgan fingerprint density at radius 3 is 1.81 bits per heavy atom. The molecule has 0 aliphatic heterocycles. The van der Waals surface area contributed by atoms with E-state index in [1.54, 1.807) is 0 Å². The lowest BCUT2D eigenvalue weighted by Gasteiger charge is -2.05. The van der Waals surface area contributed by atoms with Crippen molar-refractivity contribution in [3.8, 4) is 5.75 Å². The molecule has 4 nitrogen and oxygen atoms in total. The standard InChI is InChI=1S/C16H10BO3.C16H10O/c18-17-20-14-9-10-5-1-2-6-11(10)15-12-7-3-4-8-13(12)19-16(14)15;1-2-6-12-11(5-1)9-10-15-16(12)13-7-3-4-8-14(13)17-15/h1-9,18H;1-10H. The van der Waals surface area contributed by atoms with Crippen LogP contribution in [0.5, 0.6) is 5.75 Å². The lowest BCUT2D eigenvalue weighted by molar-refractivity contribution is 0.451. The van der Waals surface area contributed by atoms with Crippen LogP contribution in [0.25, 0.3) is 65.4 Å². The van der Waals surface area contributed by atoms with Crippen molar-refractivity contribution in [3.05, 3.63) is 115 Å². The Morgan fingerprint density at radius 1 is 0.514 bits per heavy atom. The minimum Gasteiger partial charge on any atom is -0.535 e. The molecule has 0 spiro atoms. The maximum atomic E-state index is 8.94. The molecule has 0 aliphatic carbocycles. The second kappa shape index (κ2) is 8.73. The van der Waals surface area contributed by atoms with Crippen LogP contribution in [0, 0.1) is 0 Å². The molecule has 0 amide bonds. The van der Waals surface area contributed by atoms with Gasteiger partial charge in [-0.05, 0) is 45.8 Å². The molecule has 0 aliphatic rings. The van der Waals surface area contributed by atoms with Crippen LogP contribution >= 0.6 is 0 Å². The Kier molecular flexibility index (Phi) is 5.08. The molecular weight excluding hydrogens is 459 g/mol. The molecule has 0 saturated heterocycles. The van der Waals surface area contributed by atoms with E-state index in [1.165, 1.54) is 21.5 Å². The predicted molar refractivity (Wildman–Crippen MR) is 151 cm³/mol. The summed E-state index contributed by atoms with van der Waals surface area (Å²) in [5.41, 5.74) is 3.38. The number of hydrogen-bond acceptors (Lipinski definition) is 4. The third-order valence-corrected chi connectivity index (χ3v) is 6.78. The summed E-state index contributed by atoms with van der Waals surface area (Å²) >= 11 is 0. The van der Waals surface area contributed by atoms with Crippen molar-refractivity contribution in [2.75, 3.05) is 0 Å². The van der Waals surface area contributed by atoms with E-state index >= 15 is 0 Å². The highest BCUT2D eigenvalue weighted by Gasteiger charge is 2.15. The van der Waals surface area contributed by atoms with Gasteiger partial charge in [0.15, 0.2) is 5.58 Å². The van der Waals surface area contributed by atoms with Crippen LogP contribution in [0.2, 0.25) is 0 Å². The largest absolute Gasteiger partial charge is 0.569 e. The zero-order valence-electron chi connectivity index (χ0n) is 19.7. The van der Waals surface area contributed by atoms with Gasteiger partial charge in [-0.1, -0.05) is 91.0 Å². The molecule has 1 radical (unpaired) electrons. The monoisotopic (exact) mass is 479 g/mol. The van der Waals surface area contributed by atoms with Crippen LogP contribution < -0.4 is 4.65 Å². The minimum absolute atomic E-state index is 0.511. The normalized spacial score (nSPS) is 11.4. The van der Waals surface area contributed by atoms with Crippen molar-refractivity contribution >= 4 is 73.1 Å². The highest BCUT2D eigenvalue weighted by atomic mass is 16.5. The number of fused-ring (bicyclic) bond motifs is 10. The van der Waals surface area contributed by atoms with E-state index in [1.807, 2.05) is 60.7 Å². The van der Waals surface area contributed by atoms with Crippen molar-refractivity contribution in [1.29, 1.82) is 0 Å². The highest BCUT2D eigenvalue weighted by molar-refractivity contribution is 6.23. The van der Waals surface area contributed by atoms with Crippen LogP contribution in [0.4, 0.5) is 0 Å². The van der Waals surface area contributed by atoms with Crippen molar-refractivity contribution in [1.82, 2.24) is 0 Å². The number of benzene rings is 6. The van der Waals surface area contributed by atoms with E-state index in [2.05, 4.69) is 54.6 Å². The van der Waals surface area contributed by atoms with Gasteiger partial charge < -0.3 is 18.5 Å². The Hall–Kier alpha value is -4.74. The average molecular weight is 479 g/mol. The molecule has 8 rings (SSSR count). The van der Waals surface area contributed by atoms with E-state index in [4.69, 9.17) is 18.5 Å². The Morgan fingerprint density at radius 2 is 1.08 bits per heavy atom. The van der Waals surface area contributed by atoms with Crippen LogP contribution in [-0.4, -0.2) is 12.7 Å². The first-order valence-corrected chi connectivity index (χ1v) is 12.1. The summed E-state index contributed by atoms with van der Waals surface area (Å²) in [6.45, 7) is 0. The molecule has 1 N–H and O–H groups in total. The smallest absolute Gasteiger partial charge is 0.535 e. The molecule has 0 bridgehead atoms. The van der Waals surface area contributed by atoms with E-state index in [-0.39, 0.29) is 0 Å². The van der Waals surface area contributed by atoms with Crippen molar-refractivity contribution < 1.29 is 18.5 Å². The maximum Gasteiger partial charge on any atom is 0.569 e. The molecule has 0 fully saturated rings. The molecule has 0 atom stereocenters. The Balaban J connectivity index is 0.000000126. The third-order valence-electron chi connectivity index (χ3n) is 6.78. The van der Waals surface area contributed by atoms with Crippen LogP contribution in [-0.2, 0) is 0 Å². The summed E-state index contributed by atoms with van der Waals surface area (Å²) in [4.78, 5) is 0. The summed E-state index contributed by atoms with van der Waals surface area (Å²) in [5.74, 6) is 0.511. The first-order chi connectivity index (χ1) is 18.3. The highest BCUT2D eigenvalue weighted by Crippen LogP contribution is 2.40. The fourth-order valence-corrected chi connectivity index (χ4v) is 5.18. The van der Waals surface area contributed by atoms with Crippen LogP contribution in [0.3, 0.4) is 0 Å². The quantitative estimate of drug-likeness (QED) is 0.253. The van der Waals surface area contributed by atoms with Gasteiger partial charge in [0.25, 0.3) is 0 Å². The van der Waals surface area contributed by atoms with Crippen LogP contribution in [0.15, 0.2) is 124 Å². The predicted octanol–water partition coefficient (Wildman–Crippen LogP) is 8.38. The molecule has 0 saturated carbocycles. The zero-order chi connectivity index (χ0) is 24.8. The summed E-state index contributed by atoms with van der Waals surface area (Å²) in [6.07, 6.45) is 0. The molecule has 37 heavy (non-hydrogen) atoms. The summed E-state index contributed by atoms with van der Waals surface area (Å²) in [6, 6.07) is 38.6. The maximum absolute atomic E-state index is 8.94. The zero-order valence-corrected chi connectivity index (χ0v) is 19.7. The SMILES string of the molecule is O[B]Oc1cc2ccccc2c2c1oc1ccccc12.c1ccc2c(c1)ccc1oc3ccccc3c12. The van der Waals surface area contributed by atoms with E-state index in [9.17, 15) is 0 Å². The molecule has 6 aromatic carbocycles. The number of furan rings is 2. The number of rotatable bonds is 2. The van der Waals surface area contributed by atoms with Gasteiger partial charge in [-0.15, -0.1) is 0 Å². The van der Waals surface area contributed by atoms with Crippen molar-refractivity contribution in [2.45, 2.75) is 0 Å². The Labute approximate surface area is 212 Å². The topological polar surface area (TPSA) is 55.7 Å². The lowest BCUT2D eigenvalue weighted by Crippen LogP contribution is -1.99. The summed E-state index contributed by atoms with van der Waals surface area (Å²) in [5, 5.41) is 18.1. The molecule has 8 aromatic rings. The third kappa shape index (κ3) is 3.52. The Bertz CT molecular complexity index is 2060. The van der Waals surface area contributed by atoms with Gasteiger partial charge in [0.1, 0.15) is 22.5 Å². The number of hydrogen-bond donors (Lipinski definition) is 1. The van der Waals surface area contributed by atoms with Gasteiger partial charge >= 0.3 is 7.69 Å². The fourth-order valence-electron chi connectivity index (χ4n) is 5.18. The molecule has 5 heteroatoms. The van der Waals surface area contributed by atoms with Gasteiger partial charge in [0.2, 0.25) is 0 Å². The first-order valence-electron chi connectivity index (χ1n) is 12.1. The first kappa shape index (κ1) is 21.5. The van der Waals surface area contributed by atoms with Crippen LogP contribution in [0.1, 0.15) is 0 Å². The summed E-state index contributed by atoms with van der Waals surface area (Å²) < 4.78 is 16.9. The minimum atomic E-state index is 0.511. The van der Waals surface area contributed by atoms with E-state index < -0.39 is 0 Å². The van der Waals surface area contributed by atoms with Crippen molar-refractivity contribution in [3.63, 3.8) is 0 Å². The summed E-state index contributed by atoms with van der Waals surface area (Å²) in [7, 11) is 0.677. The van der Waals surface area contributed by atoms with E-state index in [0.717, 1.165) is 38.3 Å².